The summed E-state index contributed by atoms with van der Waals surface area (Å²) in [6.07, 6.45) is 1.50. The zero-order valence-electron chi connectivity index (χ0n) is 16.9. The second kappa shape index (κ2) is 6.99. The molecule has 2 amide bonds. The maximum atomic E-state index is 12.9. The number of rotatable bonds is 2. The molecule has 0 spiro atoms. The van der Waals surface area contributed by atoms with E-state index in [-0.39, 0.29) is 30.4 Å². The van der Waals surface area contributed by atoms with Crippen molar-refractivity contribution in [2.45, 2.75) is 37.4 Å². The minimum absolute atomic E-state index is 0.0946. The number of carbonyl (C=O) groups is 2. The second-order valence-electron chi connectivity index (χ2n) is 9.42. The van der Waals surface area contributed by atoms with Crippen LogP contribution in [-0.2, 0) is 9.53 Å². The summed E-state index contributed by atoms with van der Waals surface area (Å²) in [4.78, 5) is 30.5. The summed E-state index contributed by atoms with van der Waals surface area (Å²) in [6.45, 7) is 6.28. The van der Waals surface area contributed by atoms with Crippen LogP contribution in [0, 0.1) is 5.92 Å². The van der Waals surface area contributed by atoms with E-state index in [1.54, 1.807) is 0 Å². The first-order valence-corrected chi connectivity index (χ1v) is 10.6. The molecule has 1 aromatic carbocycles. The lowest BCUT2D eigenvalue weighted by atomic mass is 9.87. The first-order chi connectivity index (χ1) is 13.9. The van der Waals surface area contributed by atoms with E-state index in [2.05, 4.69) is 29.2 Å². The third-order valence-electron chi connectivity index (χ3n) is 6.83. The molecule has 7 nitrogen and oxygen atoms in total. The van der Waals surface area contributed by atoms with Crippen LogP contribution in [0.4, 0.5) is 10.5 Å². The molecule has 4 heterocycles. The number of ether oxygens (including phenoxy) is 1. The van der Waals surface area contributed by atoms with Gasteiger partial charge in [0.05, 0.1) is 11.7 Å². The molecular formula is C22H29N3O4. The van der Waals surface area contributed by atoms with E-state index < -0.39 is 5.60 Å². The Bertz CT molecular complexity index is 795. The van der Waals surface area contributed by atoms with E-state index in [0.29, 0.717) is 38.5 Å². The number of piperidine rings is 1. The fraction of sp³-hybridized carbons (Fsp3) is 0.636. The van der Waals surface area contributed by atoms with Crippen molar-refractivity contribution in [2.75, 3.05) is 50.8 Å². The highest BCUT2D eigenvalue weighted by Gasteiger charge is 2.40. The van der Waals surface area contributed by atoms with Gasteiger partial charge in [-0.1, -0.05) is 12.1 Å². The molecule has 4 fully saturated rings. The van der Waals surface area contributed by atoms with Crippen molar-refractivity contribution in [1.82, 2.24) is 9.80 Å². The number of amides is 2. The number of nitrogens with zero attached hydrogens (tertiary/aromatic N) is 3. The number of β-amino-alcohol motifs (C(OH)–C–C–N with tert-alkyl or cyclic N) is 1. The van der Waals surface area contributed by atoms with Crippen molar-refractivity contribution in [3.8, 4) is 0 Å². The van der Waals surface area contributed by atoms with Crippen LogP contribution in [0.15, 0.2) is 24.3 Å². The molecule has 0 saturated carbocycles. The monoisotopic (exact) mass is 399 g/mol. The number of benzene rings is 1. The number of anilines is 1. The van der Waals surface area contributed by atoms with Gasteiger partial charge in [0.2, 0.25) is 0 Å². The standard InChI is InChI=1S/C22H29N3O4/c1-22(28)13-25(14-22)18-4-2-15(3-5-18)17-10-24(11-17)21(27)23-7-6-20-16(9-23)8-19(26)12-29-20/h2-5,16-17,20,28H,6-14H2,1H3/t16-,20+/m1/s1. The van der Waals surface area contributed by atoms with Gasteiger partial charge >= 0.3 is 6.03 Å². The number of likely N-dealkylation sites (tertiary alicyclic amines) is 2. The molecule has 29 heavy (non-hydrogen) atoms. The average Bonchev–Trinajstić information content (AvgIpc) is 2.64. The Morgan fingerprint density at radius 3 is 2.55 bits per heavy atom. The molecular weight excluding hydrogens is 370 g/mol. The van der Waals surface area contributed by atoms with Crippen LogP contribution in [0.3, 0.4) is 0 Å². The molecule has 0 bridgehead atoms. The van der Waals surface area contributed by atoms with Gasteiger partial charge in [-0.05, 0) is 31.0 Å². The second-order valence-corrected chi connectivity index (χ2v) is 9.42. The van der Waals surface area contributed by atoms with Gasteiger partial charge < -0.3 is 24.5 Å². The summed E-state index contributed by atoms with van der Waals surface area (Å²) in [7, 11) is 0. The highest BCUT2D eigenvalue weighted by Crippen LogP contribution is 2.33. The highest BCUT2D eigenvalue weighted by atomic mass is 16.5. The predicted molar refractivity (Wildman–Crippen MR) is 108 cm³/mol. The number of urea groups is 1. The molecule has 1 N–H and O–H groups in total. The van der Waals surface area contributed by atoms with Crippen LogP contribution in [0.5, 0.6) is 0 Å². The summed E-state index contributed by atoms with van der Waals surface area (Å²) < 4.78 is 5.63. The van der Waals surface area contributed by atoms with Crippen molar-refractivity contribution in [2.24, 2.45) is 5.92 Å². The van der Waals surface area contributed by atoms with Gasteiger partial charge in [0, 0.05) is 63.2 Å². The number of fused-ring (bicyclic) bond motifs is 1. The highest BCUT2D eigenvalue weighted by molar-refractivity contribution is 5.81. The number of ketones is 1. The zero-order valence-corrected chi connectivity index (χ0v) is 16.9. The van der Waals surface area contributed by atoms with E-state index >= 15 is 0 Å². The van der Waals surface area contributed by atoms with Crippen molar-refractivity contribution in [3.05, 3.63) is 29.8 Å². The van der Waals surface area contributed by atoms with Crippen LogP contribution in [0.1, 0.15) is 31.2 Å². The normalized spacial score (nSPS) is 29.2. The fourth-order valence-corrected chi connectivity index (χ4v) is 5.11. The fourth-order valence-electron chi connectivity index (χ4n) is 5.11. The SMILES string of the molecule is CC1(O)CN(c2ccc(C3CN(C(=O)N4CC[C@@H]5OCC(=O)C[C@@H]5C4)C3)cc2)C1. The molecule has 4 aliphatic heterocycles. The minimum Gasteiger partial charge on any atom is -0.386 e. The van der Waals surface area contributed by atoms with E-state index in [1.165, 1.54) is 5.56 Å². The third kappa shape index (κ3) is 3.62. The van der Waals surface area contributed by atoms with Crippen molar-refractivity contribution in [3.63, 3.8) is 0 Å². The quantitative estimate of drug-likeness (QED) is 0.815. The Hall–Kier alpha value is -2.12. The van der Waals surface area contributed by atoms with Gasteiger partial charge in [-0.3, -0.25) is 4.79 Å². The summed E-state index contributed by atoms with van der Waals surface area (Å²) in [5, 5.41) is 9.89. The Balaban J connectivity index is 1.13. The van der Waals surface area contributed by atoms with Gasteiger partial charge in [-0.15, -0.1) is 0 Å². The van der Waals surface area contributed by atoms with Crippen LogP contribution >= 0.6 is 0 Å². The molecule has 0 aliphatic carbocycles. The van der Waals surface area contributed by atoms with Crippen molar-refractivity contribution in [1.29, 1.82) is 0 Å². The maximum absolute atomic E-state index is 12.9. The van der Waals surface area contributed by atoms with Gasteiger partial charge in [0.25, 0.3) is 0 Å². The summed E-state index contributed by atoms with van der Waals surface area (Å²) in [6, 6.07) is 8.60. The lowest BCUT2D eigenvalue weighted by molar-refractivity contribution is -0.140. The molecule has 156 valence electrons. The molecule has 0 aromatic heterocycles. The Morgan fingerprint density at radius 1 is 1.14 bits per heavy atom. The van der Waals surface area contributed by atoms with E-state index in [9.17, 15) is 14.7 Å². The predicted octanol–water partition coefficient (Wildman–Crippen LogP) is 1.46. The molecule has 1 aromatic rings. The van der Waals surface area contributed by atoms with Gasteiger partial charge in [0.15, 0.2) is 5.78 Å². The first kappa shape index (κ1) is 18.9. The average molecular weight is 399 g/mol. The van der Waals surface area contributed by atoms with Crippen LogP contribution in [0.2, 0.25) is 0 Å². The van der Waals surface area contributed by atoms with Gasteiger partial charge in [0.1, 0.15) is 6.61 Å². The summed E-state index contributed by atoms with van der Waals surface area (Å²) in [5.74, 6) is 0.681. The lowest BCUT2D eigenvalue weighted by Gasteiger charge is -2.46. The van der Waals surface area contributed by atoms with Gasteiger partial charge in [-0.2, -0.15) is 0 Å². The zero-order chi connectivity index (χ0) is 20.2. The Morgan fingerprint density at radius 2 is 1.86 bits per heavy atom. The smallest absolute Gasteiger partial charge is 0.320 e. The van der Waals surface area contributed by atoms with E-state index in [4.69, 9.17) is 4.74 Å². The van der Waals surface area contributed by atoms with Crippen LogP contribution < -0.4 is 4.90 Å². The molecule has 7 heteroatoms. The number of hydrogen-bond donors (Lipinski definition) is 1. The van der Waals surface area contributed by atoms with Crippen molar-refractivity contribution < 1.29 is 19.4 Å². The van der Waals surface area contributed by atoms with Crippen LogP contribution in [-0.4, -0.2) is 84.3 Å². The first-order valence-electron chi connectivity index (χ1n) is 10.6. The van der Waals surface area contributed by atoms with Crippen LogP contribution in [0.25, 0.3) is 0 Å². The molecule has 2 atom stereocenters. The third-order valence-corrected chi connectivity index (χ3v) is 6.83. The number of carbonyl (C=O) groups excluding carboxylic acids is 2. The largest absolute Gasteiger partial charge is 0.386 e. The molecule has 4 saturated heterocycles. The minimum atomic E-state index is -0.570. The van der Waals surface area contributed by atoms with Crippen molar-refractivity contribution >= 4 is 17.5 Å². The summed E-state index contributed by atoms with van der Waals surface area (Å²) >= 11 is 0. The van der Waals surface area contributed by atoms with E-state index in [1.807, 2.05) is 16.7 Å². The van der Waals surface area contributed by atoms with Gasteiger partial charge in [-0.25, -0.2) is 4.79 Å². The number of Topliss-reactive ketones (excluding diaryl/α,β-unsaturated/α-hetero) is 1. The molecule has 5 rings (SSSR count). The lowest BCUT2D eigenvalue weighted by Crippen LogP contribution is -2.60. The Labute approximate surface area is 171 Å². The molecule has 0 radical (unpaired) electrons. The Kier molecular flexibility index (Phi) is 4.55. The number of aliphatic hydroxyl groups is 1. The van der Waals surface area contributed by atoms with E-state index in [0.717, 1.165) is 25.2 Å². The summed E-state index contributed by atoms with van der Waals surface area (Å²) in [5.41, 5.74) is 1.83. The molecule has 0 unspecified atom stereocenters. The topological polar surface area (TPSA) is 73.3 Å². The molecule has 4 aliphatic rings. The number of hydrogen-bond acceptors (Lipinski definition) is 5. The maximum Gasteiger partial charge on any atom is 0.320 e.